The van der Waals surface area contributed by atoms with Crippen molar-refractivity contribution in [3.05, 3.63) is 64.9 Å². The van der Waals surface area contributed by atoms with Gasteiger partial charge in [-0.05, 0) is 54.8 Å². The van der Waals surface area contributed by atoms with Gasteiger partial charge in [-0.3, -0.25) is 9.59 Å². The number of halogens is 2. The Balaban J connectivity index is 2.16. The predicted molar refractivity (Wildman–Crippen MR) is 111 cm³/mol. The summed E-state index contributed by atoms with van der Waals surface area (Å²) < 4.78 is 18.8. The molecule has 0 aliphatic rings. The summed E-state index contributed by atoms with van der Waals surface area (Å²) in [6, 6.07) is 11.9. The molecule has 7 heteroatoms. The summed E-state index contributed by atoms with van der Waals surface area (Å²) in [6.45, 7) is 4.31. The number of hydrogen-bond donors (Lipinski definition) is 1. The smallest absolute Gasteiger partial charge is 0.261 e. The van der Waals surface area contributed by atoms with Crippen LogP contribution in [0.2, 0.25) is 5.02 Å². The second-order valence-corrected chi connectivity index (χ2v) is 7.04. The van der Waals surface area contributed by atoms with Gasteiger partial charge < -0.3 is 15.0 Å². The van der Waals surface area contributed by atoms with E-state index < -0.39 is 6.04 Å². The van der Waals surface area contributed by atoms with Crippen LogP contribution < -0.4 is 10.1 Å². The van der Waals surface area contributed by atoms with Crippen molar-refractivity contribution in [3.8, 4) is 5.75 Å². The van der Waals surface area contributed by atoms with E-state index in [4.69, 9.17) is 16.3 Å². The van der Waals surface area contributed by atoms with Crippen molar-refractivity contribution in [1.29, 1.82) is 0 Å². The van der Waals surface area contributed by atoms with Crippen molar-refractivity contribution in [2.24, 2.45) is 0 Å². The molecule has 0 unspecified atom stereocenters. The molecule has 0 aliphatic heterocycles. The molecule has 0 spiro atoms. The number of nitrogens with zero attached hydrogens (tertiary/aromatic N) is 1. The van der Waals surface area contributed by atoms with E-state index in [2.05, 4.69) is 5.32 Å². The minimum Gasteiger partial charge on any atom is -0.484 e. The van der Waals surface area contributed by atoms with Crippen molar-refractivity contribution in [2.45, 2.75) is 39.3 Å². The van der Waals surface area contributed by atoms with Gasteiger partial charge in [0, 0.05) is 18.1 Å². The minimum absolute atomic E-state index is 0.182. The number of rotatable bonds is 10. The van der Waals surface area contributed by atoms with Crippen molar-refractivity contribution < 1.29 is 18.7 Å². The summed E-state index contributed by atoms with van der Waals surface area (Å²) in [7, 11) is 0. The maximum atomic E-state index is 13.2. The summed E-state index contributed by atoms with van der Waals surface area (Å²) in [5, 5.41) is 3.41. The van der Waals surface area contributed by atoms with Gasteiger partial charge in [0.1, 0.15) is 17.6 Å². The van der Waals surface area contributed by atoms with Crippen LogP contribution in [0.15, 0.2) is 48.5 Å². The van der Waals surface area contributed by atoms with E-state index in [1.165, 1.54) is 17.0 Å². The second-order valence-electron chi connectivity index (χ2n) is 6.61. The van der Waals surface area contributed by atoms with Gasteiger partial charge in [-0.2, -0.15) is 0 Å². The van der Waals surface area contributed by atoms with E-state index in [9.17, 15) is 14.0 Å². The summed E-state index contributed by atoms with van der Waals surface area (Å²) >= 11 is 5.86. The van der Waals surface area contributed by atoms with Crippen LogP contribution in [0.3, 0.4) is 0 Å². The van der Waals surface area contributed by atoms with E-state index in [1.54, 1.807) is 36.4 Å². The van der Waals surface area contributed by atoms with E-state index in [0.29, 0.717) is 23.7 Å². The van der Waals surface area contributed by atoms with Gasteiger partial charge >= 0.3 is 0 Å². The van der Waals surface area contributed by atoms with Crippen LogP contribution in [0.25, 0.3) is 0 Å². The number of nitrogens with one attached hydrogen (secondary N) is 1. The van der Waals surface area contributed by atoms with Crippen LogP contribution in [0.4, 0.5) is 4.39 Å². The van der Waals surface area contributed by atoms with Crippen molar-refractivity contribution in [2.75, 3.05) is 13.2 Å². The van der Waals surface area contributed by atoms with Gasteiger partial charge in [0.05, 0.1) is 0 Å². The lowest BCUT2D eigenvalue weighted by atomic mass is 10.1. The SMILES string of the molecule is CCCNC(=O)[C@H](CC)N(Cc1ccc(F)cc1)C(=O)COc1ccc(Cl)cc1. The Morgan fingerprint density at radius 3 is 2.34 bits per heavy atom. The molecule has 2 rings (SSSR count). The second kappa shape index (κ2) is 11.4. The highest BCUT2D eigenvalue weighted by Gasteiger charge is 2.28. The molecule has 0 bridgehead atoms. The van der Waals surface area contributed by atoms with E-state index in [-0.39, 0.29) is 30.8 Å². The highest BCUT2D eigenvalue weighted by atomic mass is 35.5. The molecular formula is C22H26ClFN2O3. The monoisotopic (exact) mass is 420 g/mol. The number of ether oxygens (including phenoxy) is 1. The van der Waals surface area contributed by atoms with Gasteiger partial charge in [0.15, 0.2) is 6.61 Å². The molecule has 0 aliphatic carbocycles. The van der Waals surface area contributed by atoms with Crippen LogP contribution in [-0.2, 0) is 16.1 Å². The third-order valence-corrected chi connectivity index (χ3v) is 4.63. The van der Waals surface area contributed by atoms with E-state index in [1.807, 2.05) is 13.8 Å². The molecule has 1 N–H and O–H groups in total. The molecule has 2 aromatic carbocycles. The molecule has 0 saturated carbocycles. The number of benzene rings is 2. The summed E-state index contributed by atoms with van der Waals surface area (Å²) in [5.74, 6) is -0.391. The molecule has 0 heterocycles. The first-order chi connectivity index (χ1) is 13.9. The van der Waals surface area contributed by atoms with Crippen LogP contribution in [0, 0.1) is 5.82 Å². The average Bonchev–Trinajstić information content (AvgIpc) is 2.72. The largest absolute Gasteiger partial charge is 0.484 e. The molecule has 0 aromatic heterocycles. The van der Waals surface area contributed by atoms with Crippen LogP contribution in [0.5, 0.6) is 5.75 Å². The molecule has 0 radical (unpaired) electrons. The van der Waals surface area contributed by atoms with Gasteiger partial charge in [0.25, 0.3) is 5.91 Å². The van der Waals surface area contributed by atoms with Gasteiger partial charge in [0.2, 0.25) is 5.91 Å². The summed E-state index contributed by atoms with van der Waals surface area (Å²) in [5.41, 5.74) is 0.730. The molecule has 0 saturated heterocycles. The van der Waals surface area contributed by atoms with Crippen molar-refractivity contribution >= 4 is 23.4 Å². The Labute approximate surface area is 175 Å². The first-order valence-corrected chi connectivity index (χ1v) is 10.0. The zero-order valence-corrected chi connectivity index (χ0v) is 17.4. The Bertz CT molecular complexity index is 797. The Morgan fingerprint density at radius 2 is 1.76 bits per heavy atom. The molecule has 29 heavy (non-hydrogen) atoms. The fourth-order valence-electron chi connectivity index (χ4n) is 2.83. The number of amides is 2. The van der Waals surface area contributed by atoms with Crippen molar-refractivity contribution in [1.82, 2.24) is 10.2 Å². The molecule has 5 nitrogen and oxygen atoms in total. The number of carbonyl (C=O) groups is 2. The number of hydrogen-bond acceptors (Lipinski definition) is 3. The Kier molecular flexibility index (Phi) is 8.93. The van der Waals surface area contributed by atoms with Crippen LogP contribution in [-0.4, -0.2) is 35.9 Å². The Morgan fingerprint density at radius 1 is 1.10 bits per heavy atom. The predicted octanol–water partition coefficient (Wildman–Crippen LogP) is 4.19. The Hall–Kier alpha value is -2.60. The molecular weight excluding hydrogens is 395 g/mol. The van der Waals surface area contributed by atoms with E-state index >= 15 is 0 Å². The maximum Gasteiger partial charge on any atom is 0.261 e. The quantitative estimate of drug-likeness (QED) is 0.627. The summed E-state index contributed by atoms with van der Waals surface area (Å²) in [6.07, 6.45) is 1.25. The average molecular weight is 421 g/mol. The highest BCUT2D eigenvalue weighted by Crippen LogP contribution is 2.17. The highest BCUT2D eigenvalue weighted by molar-refractivity contribution is 6.30. The minimum atomic E-state index is -0.645. The lowest BCUT2D eigenvalue weighted by molar-refractivity contribution is -0.143. The zero-order chi connectivity index (χ0) is 21.2. The molecule has 2 aromatic rings. The third kappa shape index (κ3) is 7.06. The molecule has 0 fully saturated rings. The molecule has 2 amide bonds. The fraction of sp³-hybridized carbons (Fsp3) is 0.364. The van der Waals surface area contributed by atoms with Crippen molar-refractivity contribution in [3.63, 3.8) is 0 Å². The topological polar surface area (TPSA) is 58.6 Å². The first-order valence-electron chi connectivity index (χ1n) is 9.64. The maximum absolute atomic E-state index is 13.2. The lowest BCUT2D eigenvalue weighted by Crippen LogP contribution is -2.50. The molecule has 1 atom stereocenters. The lowest BCUT2D eigenvalue weighted by Gasteiger charge is -2.30. The number of carbonyl (C=O) groups excluding carboxylic acids is 2. The van der Waals surface area contributed by atoms with Crippen LogP contribution in [0.1, 0.15) is 32.3 Å². The standard InChI is InChI=1S/C22H26ClFN2O3/c1-3-13-25-22(28)20(4-2)26(14-16-5-9-18(24)10-6-16)21(27)15-29-19-11-7-17(23)8-12-19/h5-12,20H,3-4,13-15H2,1-2H3,(H,25,28)/t20-/m0/s1. The fourth-order valence-corrected chi connectivity index (χ4v) is 2.96. The van der Waals surface area contributed by atoms with E-state index in [0.717, 1.165) is 12.0 Å². The first kappa shape index (κ1) is 22.7. The van der Waals surface area contributed by atoms with Gasteiger partial charge in [-0.1, -0.05) is 37.6 Å². The zero-order valence-electron chi connectivity index (χ0n) is 16.7. The third-order valence-electron chi connectivity index (χ3n) is 4.38. The van der Waals surface area contributed by atoms with Gasteiger partial charge in [-0.25, -0.2) is 4.39 Å². The summed E-state index contributed by atoms with van der Waals surface area (Å²) in [4.78, 5) is 27.0. The molecule has 156 valence electrons. The normalized spacial score (nSPS) is 11.6. The van der Waals surface area contributed by atoms with Gasteiger partial charge in [-0.15, -0.1) is 0 Å². The van der Waals surface area contributed by atoms with Crippen LogP contribution >= 0.6 is 11.6 Å².